The van der Waals surface area contributed by atoms with E-state index in [1.54, 1.807) is 18.7 Å². The van der Waals surface area contributed by atoms with E-state index in [1.165, 1.54) is 32.1 Å². The summed E-state index contributed by atoms with van der Waals surface area (Å²) in [5.41, 5.74) is 2.49. The first-order valence-corrected chi connectivity index (χ1v) is 9.10. The molecule has 0 aromatic carbocycles. The Morgan fingerprint density at radius 3 is 2.55 bits per heavy atom. The van der Waals surface area contributed by atoms with Crippen molar-refractivity contribution in [3.63, 3.8) is 0 Å². The highest BCUT2D eigenvalue weighted by Gasteiger charge is 2.23. The van der Waals surface area contributed by atoms with Crippen LogP contribution in [0.25, 0.3) is 0 Å². The zero-order valence-electron chi connectivity index (χ0n) is 13.7. The lowest BCUT2D eigenvalue weighted by Gasteiger charge is -2.20. The third-order valence-electron chi connectivity index (χ3n) is 4.20. The van der Waals surface area contributed by atoms with E-state index in [0.29, 0.717) is 40.1 Å². The molecule has 0 unspecified atom stereocenters. The Bertz CT molecular complexity index is 544. The maximum atomic E-state index is 12.4. The maximum absolute atomic E-state index is 12.4. The third kappa shape index (κ3) is 3.94. The van der Waals surface area contributed by atoms with Crippen molar-refractivity contribution in [2.75, 3.05) is 12.4 Å². The number of aromatic nitrogens is 1. The molecule has 0 amide bonds. The average Bonchev–Trinajstić information content (AvgIpc) is 2.81. The first kappa shape index (κ1) is 17.1. The monoisotopic (exact) mass is 323 g/mol. The fourth-order valence-electron chi connectivity index (χ4n) is 3.04. The number of ketones is 1. The Kier molecular flexibility index (Phi) is 6.12. The summed E-state index contributed by atoms with van der Waals surface area (Å²) in [5, 5.41) is 0.610. The second-order valence-electron chi connectivity index (χ2n) is 5.84. The summed E-state index contributed by atoms with van der Waals surface area (Å²) in [6.45, 7) is 5.74. The number of carbonyl (C=O) groups is 2. The molecule has 5 heteroatoms. The van der Waals surface area contributed by atoms with Crippen LogP contribution in [0.2, 0.25) is 0 Å². The molecular formula is C17H25NO3S. The van der Waals surface area contributed by atoms with E-state index in [0.717, 1.165) is 0 Å². The first-order chi connectivity index (χ1) is 10.5. The number of rotatable bonds is 6. The zero-order valence-corrected chi connectivity index (χ0v) is 14.5. The van der Waals surface area contributed by atoms with E-state index in [2.05, 4.69) is 4.98 Å². The van der Waals surface area contributed by atoms with Gasteiger partial charge in [0.05, 0.1) is 23.6 Å². The fourth-order valence-corrected chi connectivity index (χ4v) is 4.23. The zero-order chi connectivity index (χ0) is 16.1. The number of ether oxygens (including phenoxy) is 1. The van der Waals surface area contributed by atoms with Gasteiger partial charge in [-0.2, -0.15) is 11.8 Å². The van der Waals surface area contributed by atoms with Crippen LogP contribution in [0.4, 0.5) is 0 Å². The predicted octanol–water partition coefficient (Wildman–Crippen LogP) is 4.06. The molecule has 1 aliphatic carbocycles. The average molecular weight is 323 g/mol. The van der Waals surface area contributed by atoms with Gasteiger partial charge >= 0.3 is 5.97 Å². The van der Waals surface area contributed by atoms with E-state index in [9.17, 15) is 9.59 Å². The number of aromatic amines is 1. The van der Waals surface area contributed by atoms with Gasteiger partial charge in [0.15, 0.2) is 5.78 Å². The summed E-state index contributed by atoms with van der Waals surface area (Å²) >= 11 is 1.76. The summed E-state index contributed by atoms with van der Waals surface area (Å²) in [5.74, 6) is 0.202. The normalized spacial score (nSPS) is 15.8. The third-order valence-corrected chi connectivity index (χ3v) is 5.57. The van der Waals surface area contributed by atoms with Crippen LogP contribution in [0.15, 0.2) is 0 Å². The number of Topliss-reactive ketones (excluding diaryl/α,β-unsaturated/α-hetero) is 1. The minimum atomic E-state index is -0.354. The number of nitrogens with one attached hydrogen (secondary N) is 1. The lowest BCUT2D eigenvalue weighted by molar-refractivity contribution is 0.0525. The number of carbonyl (C=O) groups excluding carboxylic acids is 2. The molecule has 0 spiro atoms. The first-order valence-electron chi connectivity index (χ1n) is 8.05. The summed E-state index contributed by atoms with van der Waals surface area (Å²) in [6.07, 6.45) is 6.31. The number of H-pyrrole nitrogens is 1. The van der Waals surface area contributed by atoms with Crippen LogP contribution in [-0.2, 0) is 4.74 Å². The minimum absolute atomic E-state index is 0.0757. The molecule has 1 saturated carbocycles. The van der Waals surface area contributed by atoms with Gasteiger partial charge in [0.1, 0.15) is 0 Å². The van der Waals surface area contributed by atoms with Crippen molar-refractivity contribution in [3.8, 4) is 0 Å². The van der Waals surface area contributed by atoms with Crippen molar-refractivity contribution in [1.29, 1.82) is 0 Å². The molecule has 2 rings (SSSR count). The molecule has 1 aliphatic rings. The van der Waals surface area contributed by atoms with Gasteiger partial charge in [0.25, 0.3) is 0 Å². The Morgan fingerprint density at radius 1 is 1.23 bits per heavy atom. The molecule has 122 valence electrons. The Labute approximate surface area is 136 Å². The molecule has 1 aromatic heterocycles. The molecule has 1 heterocycles. The van der Waals surface area contributed by atoms with E-state index >= 15 is 0 Å². The second-order valence-corrected chi connectivity index (χ2v) is 7.13. The van der Waals surface area contributed by atoms with Gasteiger partial charge in [0.2, 0.25) is 0 Å². The van der Waals surface area contributed by atoms with E-state index in [4.69, 9.17) is 4.74 Å². The van der Waals surface area contributed by atoms with Gasteiger partial charge in [0, 0.05) is 10.9 Å². The van der Waals surface area contributed by atoms with Crippen molar-refractivity contribution in [1.82, 2.24) is 4.98 Å². The summed E-state index contributed by atoms with van der Waals surface area (Å²) < 4.78 is 5.06. The Hall–Kier alpha value is -1.23. The van der Waals surface area contributed by atoms with Gasteiger partial charge < -0.3 is 9.72 Å². The molecule has 0 bridgehead atoms. The van der Waals surface area contributed by atoms with Gasteiger partial charge in [-0.3, -0.25) is 4.79 Å². The molecule has 1 N–H and O–H groups in total. The van der Waals surface area contributed by atoms with Crippen LogP contribution in [-0.4, -0.2) is 34.3 Å². The predicted molar refractivity (Wildman–Crippen MR) is 89.9 cm³/mol. The highest BCUT2D eigenvalue weighted by molar-refractivity contribution is 8.00. The van der Waals surface area contributed by atoms with Crippen LogP contribution >= 0.6 is 11.8 Å². The number of hydrogen-bond donors (Lipinski definition) is 1. The Morgan fingerprint density at radius 2 is 1.91 bits per heavy atom. The second kappa shape index (κ2) is 7.86. The molecular weight excluding hydrogens is 298 g/mol. The lowest BCUT2D eigenvalue weighted by atomic mass is 10.0. The van der Waals surface area contributed by atoms with Crippen LogP contribution in [0.5, 0.6) is 0 Å². The number of esters is 1. The standard InChI is InChI=1S/C17H25NO3S/c1-4-21-17(20)15-11(2)16(18-12(15)3)14(19)10-22-13-8-6-5-7-9-13/h13,18H,4-10H2,1-3H3. The van der Waals surface area contributed by atoms with E-state index < -0.39 is 0 Å². The van der Waals surface area contributed by atoms with Crippen molar-refractivity contribution in [2.24, 2.45) is 0 Å². The highest BCUT2D eigenvalue weighted by Crippen LogP contribution is 2.29. The van der Waals surface area contributed by atoms with Crippen molar-refractivity contribution >= 4 is 23.5 Å². The van der Waals surface area contributed by atoms with E-state index in [1.807, 2.05) is 13.8 Å². The quantitative estimate of drug-likeness (QED) is 0.633. The van der Waals surface area contributed by atoms with Crippen LogP contribution in [0.3, 0.4) is 0 Å². The van der Waals surface area contributed by atoms with Gasteiger partial charge in [-0.05, 0) is 39.2 Å². The molecule has 22 heavy (non-hydrogen) atoms. The topological polar surface area (TPSA) is 59.2 Å². The molecule has 0 saturated heterocycles. The number of aryl methyl sites for hydroxylation is 1. The van der Waals surface area contributed by atoms with Crippen LogP contribution in [0, 0.1) is 13.8 Å². The lowest BCUT2D eigenvalue weighted by Crippen LogP contribution is -2.13. The maximum Gasteiger partial charge on any atom is 0.340 e. The van der Waals surface area contributed by atoms with Gasteiger partial charge in [-0.15, -0.1) is 0 Å². The van der Waals surface area contributed by atoms with Crippen LogP contribution in [0.1, 0.15) is 71.1 Å². The number of hydrogen-bond acceptors (Lipinski definition) is 4. The Balaban J connectivity index is 2.03. The minimum Gasteiger partial charge on any atom is -0.462 e. The smallest absolute Gasteiger partial charge is 0.340 e. The van der Waals surface area contributed by atoms with Crippen LogP contribution < -0.4 is 0 Å². The molecule has 1 aromatic rings. The molecule has 0 aliphatic heterocycles. The van der Waals surface area contributed by atoms with Gasteiger partial charge in [-0.1, -0.05) is 19.3 Å². The SMILES string of the molecule is CCOC(=O)c1c(C)[nH]c(C(=O)CSC2CCCCC2)c1C. The molecule has 0 atom stereocenters. The van der Waals surface area contributed by atoms with E-state index in [-0.39, 0.29) is 11.8 Å². The summed E-state index contributed by atoms with van der Waals surface area (Å²) in [4.78, 5) is 27.5. The number of thioether (sulfide) groups is 1. The van der Waals surface area contributed by atoms with Crippen molar-refractivity contribution in [2.45, 2.75) is 58.1 Å². The summed E-state index contributed by atoms with van der Waals surface area (Å²) in [7, 11) is 0. The molecule has 0 radical (unpaired) electrons. The summed E-state index contributed by atoms with van der Waals surface area (Å²) in [6, 6.07) is 0. The highest BCUT2D eigenvalue weighted by atomic mass is 32.2. The molecule has 4 nitrogen and oxygen atoms in total. The van der Waals surface area contributed by atoms with Gasteiger partial charge in [-0.25, -0.2) is 4.79 Å². The largest absolute Gasteiger partial charge is 0.462 e. The fraction of sp³-hybridized carbons (Fsp3) is 0.647. The van der Waals surface area contributed by atoms with Crippen molar-refractivity contribution in [3.05, 3.63) is 22.5 Å². The molecule has 1 fully saturated rings. The van der Waals surface area contributed by atoms with Crippen molar-refractivity contribution < 1.29 is 14.3 Å².